The molecule has 0 saturated carbocycles. The Bertz CT molecular complexity index is 865. The summed E-state index contributed by atoms with van der Waals surface area (Å²) in [5.41, 5.74) is 1.27. The van der Waals surface area contributed by atoms with Gasteiger partial charge in [-0.3, -0.25) is 10.1 Å². The third-order valence-electron chi connectivity index (χ3n) is 3.18. The van der Waals surface area contributed by atoms with Crippen molar-refractivity contribution in [2.24, 2.45) is 0 Å². The number of benzene rings is 2. The Balaban J connectivity index is 2.47. The van der Waals surface area contributed by atoms with E-state index >= 15 is 0 Å². The van der Waals surface area contributed by atoms with E-state index in [0.717, 1.165) is 4.47 Å². The minimum absolute atomic E-state index is 0.00641. The van der Waals surface area contributed by atoms with Gasteiger partial charge in [-0.15, -0.1) is 0 Å². The topological polar surface area (TPSA) is 76.3 Å². The molecule has 0 spiro atoms. The maximum absolute atomic E-state index is 11.3. The number of para-hydroxylation sites is 1. The second-order valence-electron chi connectivity index (χ2n) is 4.45. The number of fused-ring (bicyclic) bond motifs is 1. The number of halogens is 1. The van der Waals surface area contributed by atoms with Gasteiger partial charge in [0, 0.05) is 15.4 Å². The zero-order chi connectivity index (χ0) is 15.0. The van der Waals surface area contributed by atoms with Crippen molar-refractivity contribution in [2.45, 2.75) is 0 Å². The molecule has 0 bridgehead atoms. The Labute approximate surface area is 128 Å². The van der Waals surface area contributed by atoms with Gasteiger partial charge in [0.1, 0.15) is 11.9 Å². The SMILES string of the molecule is O=[N+]([O-])c1cnc2ccc(Br)cc2c1-c1ccccc1O. The largest absolute Gasteiger partial charge is 0.507 e. The molecule has 0 radical (unpaired) electrons. The zero-order valence-corrected chi connectivity index (χ0v) is 12.2. The van der Waals surface area contributed by atoms with E-state index in [-0.39, 0.29) is 11.4 Å². The van der Waals surface area contributed by atoms with E-state index in [4.69, 9.17) is 0 Å². The van der Waals surface area contributed by atoms with E-state index in [9.17, 15) is 15.2 Å². The monoisotopic (exact) mass is 344 g/mol. The lowest BCUT2D eigenvalue weighted by Gasteiger charge is -2.09. The van der Waals surface area contributed by atoms with Gasteiger partial charge < -0.3 is 5.11 Å². The van der Waals surface area contributed by atoms with Crippen LogP contribution >= 0.6 is 15.9 Å². The zero-order valence-electron chi connectivity index (χ0n) is 10.7. The van der Waals surface area contributed by atoms with Gasteiger partial charge in [0.05, 0.1) is 16.0 Å². The van der Waals surface area contributed by atoms with Crippen LogP contribution in [0, 0.1) is 10.1 Å². The van der Waals surface area contributed by atoms with E-state index in [1.54, 1.807) is 30.3 Å². The summed E-state index contributed by atoms with van der Waals surface area (Å²) in [7, 11) is 0. The summed E-state index contributed by atoms with van der Waals surface area (Å²) in [4.78, 5) is 14.9. The number of rotatable bonds is 2. The van der Waals surface area contributed by atoms with Gasteiger partial charge in [-0.25, -0.2) is 4.98 Å². The fraction of sp³-hybridized carbons (Fsp3) is 0. The summed E-state index contributed by atoms with van der Waals surface area (Å²) in [6, 6.07) is 11.9. The maximum atomic E-state index is 11.3. The number of nitrogens with zero attached hydrogens (tertiary/aromatic N) is 2. The molecule has 0 aliphatic carbocycles. The highest BCUT2D eigenvalue weighted by Crippen LogP contribution is 2.40. The molecule has 1 heterocycles. The molecule has 1 aromatic heterocycles. The van der Waals surface area contributed by atoms with Crippen LogP contribution in [0.2, 0.25) is 0 Å². The van der Waals surface area contributed by atoms with Crippen molar-refractivity contribution in [3.63, 3.8) is 0 Å². The van der Waals surface area contributed by atoms with Crippen LogP contribution in [0.25, 0.3) is 22.0 Å². The number of phenols is 1. The number of phenolic OH excluding ortho intramolecular Hbond substituents is 1. The molecular formula is C15H9BrN2O3. The number of hydrogen-bond donors (Lipinski definition) is 1. The summed E-state index contributed by atoms with van der Waals surface area (Å²) in [6.07, 6.45) is 1.22. The number of aromatic hydroxyl groups is 1. The average Bonchev–Trinajstić information content (AvgIpc) is 2.46. The van der Waals surface area contributed by atoms with Crippen molar-refractivity contribution >= 4 is 32.5 Å². The minimum atomic E-state index is -0.491. The van der Waals surface area contributed by atoms with Crippen LogP contribution in [0.5, 0.6) is 5.75 Å². The van der Waals surface area contributed by atoms with Gasteiger partial charge in [-0.1, -0.05) is 34.1 Å². The van der Waals surface area contributed by atoms with Crippen LogP contribution in [0.15, 0.2) is 53.1 Å². The first-order valence-corrected chi connectivity index (χ1v) is 6.88. The van der Waals surface area contributed by atoms with Gasteiger partial charge in [0.15, 0.2) is 0 Å². The van der Waals surface area contributed by atoms with Crippen molar-refractivity contribution < 1.29 is 10.0 Å². The highest BCUT2D eigenvalue weighted by atomic mass is 79.9. The fourth-order valence-electron chi connectivity index (χ4n) is 2.26. The third kappa shape index (κ3) is 2.34. The summed E-state index contributed by atoms with van der Waals surface area (Å²) in [6.45, 7) is 0. The molecule has 5 nitrogen and oxygen atoms in total. The van der Waals surface area contributed by atoms with Crippen LogP contribution in [0.1, 0.15) is 0 Å². The van der Waals surface area contributed by atoms with Gasteiger partial charge in [0.25, 0.3) is 5.69 Å². The van der Waals surface area contributed by atoms with E-state index in [2.05, 4.69) is 20.9 Å². The molecule has 6 heteroatoms. The summed E-state index contributed by atoms with van der Waals surface area (Å²) in [5, 5.41) is 22.0. The average molecular weight is 345 g/mol. The van der Waals surface area contributed by atoms with E-state index in [1.807, 2.05) is 6.07 Å². The van der Waals surface area contributed by atoms with E-state index in [1.165, 1.54) is 12.3 Å². The number of aromatic nitrogens is 1. The Kier molecular flexibility index (Phi) is 3.31. The van der Waals surface area contributed by atoms with Crippen LogP contribution in [0.3, 0.4) is 0 Å². The number of hydrogen-bond acceptors (Lipinski definition) is 4. The molecule has 0 fully saturated rings. The lowest BCUT2D eigenvalue weighted by atomic mass is 9.99. The highest BCUT2D eigenvalue weighted by Gasteiger charge is 2.21. The molecule has 3 rings (SSSR count). The minimum Gasteiger partial charge on any atom is -0.507 e. The molecule has 0 atom stereocenters. The van der Waals surface area contributed by atoms with E-state index in [0.29, 0.717) is 22.0 Å². The van der Waals surface area contributed by atoms with Gasteiger partial charge >= 0.3 is 0 Å². The summed E-state index contributed by atoms with van der Waals surface area (Å²) < 4.78 is 0.786. The molecule has 2 aromatic carbocycles. The molecule has 0 aliphatic rings. The Morgan fingerprint density at radius 2 is 1.95 bits per heavy atom. The Hall–Kier alpha value is -2.47. The van der Waals surface area contributed by atoms with Crippen LogP contribution < -0.4 is 0 Å². The second-order valence-corrected chi connectivity index (χ2v) is 5.37. The first-order valence-electron chi connectivity index (χ1n) is 6.09. The van der Waals surface area contributed by atoms with Crippen molar-refractivity contribution in [1.29, 1.82) is 0 Å². The predicted octanol–water partition coefficient (Wildman–Crippen LogP) is 4.28. The van der Waals surface area contributed by atoms with Gasteiger partial charge in [-0.2, -0.15) is 0 Å². The third-order valence-corrected chi connectivity index (χ3v) is 3.67. The summed E-state index contributed by atoms with van der Waals surface area (Å²) in [5.74, 6) is -0.00641. The van der Waals surface area contributed by atoms with Gasteiger partial charge in [0.2, 0.25) is 0 Å². The smallest absolute Gasteiger partial charge is 0.296 e. The van der Waals surface area contributed by atoms with E-state index < -0.39 is 4.92 Å². The quantitative estimate of drug-likeness (QED) is 0.556. The number of nitro groups is 1. The molecule has 0 unspecified atom stereocenters. The Morgan fingerprint density at radius 1 is 1.19 bits per heavy atom. The molecule has 1 N–H and O–H groups in total. The Morgan fingerprint density at radius 3 is 2.67 bits per heavy atom. The predicted molar refractivity (Wildman–Crippen MR) is 83.2 cm³/mol. The van der Waals surface area contributed by atoms with Crippen molar-refractivity contribution in [1.82, 2.24) is 4.98 Å². The molecule has 104 valence electrons. The molecular weight excluding hydrogens is 336 g/mol. The first kappa shape index (κ1) is 13.5. The first-order chi connectivity index (χ1) is 10.1. The molecule has 3 aromatic rings. The molecule has 21 heavy (non-hydrogen) atoms. The maximum Gasteiger partial charge on any atom is 0.296 e. The van der Waals surface area contributed by atoms with Crippen molar-refractivity contribution in [3.05, 3.63) is 63.2 Å². The fourth-order valence-corrected chi connectivity index (χ4v) is 2.62. The van der Waals surface area contributed by atoms with Crippen molar-refractivity contribution in [2.75, 3.05) is 0 Å². The van der Waals surface area contributed by atoms with Gasteiger partial charge in [-0.05, 0) is 24.3 Å². The lowest BCUT2D eigenvalue weighted by Crippen LogP contribution is -1.95. The molecule has 0 amide bonds. The normalized spacial score (nSPS) is 10.7. The second kappa shape index (κ2) is 5.14. The van der Waals surface area contributed by atoms with Crippen LogP contribution in [-0.2, 0) is 0 Å². The number of pyridine rings is 1. The van der Waals surface area contributed by atoms with Crippen LogP contribution in [-0.4, -0.2) is 15.0 Å². The molecule has 0 saturated heterocycles. The van der Waals surface area contributed by atoms with Crippen LogP contribution in [0.4, 0.5) is 5.69 Å². The lowest BCUT2D eigenvalue weighted by molar-refractivity contribution is -0.384. The molecule has 0 aliphatic heterocycles. The highest BCUT2D eigenvalue weighted by molar-refractivity contribution is 9.10. The standard InChI is InChI=1S/C15H9BrN2O3/c16-9-5-6-12-11(7-9)15(13(8-17-12)18(20)21)10-3-1-2-4-14(10)19/h1-8,19H. The summed E-state index contributed by atoms with van der Waals surface area (Å²) >= 11 is 3.36. The van der Waals surface area contributed by atoms with Crippen molar-refractivity contribution in [3.8, 4) is 16.9 Å².